The van der Waals surface area contributed by atoms with Crippen molar-refractivity contribution in [3.63, 3.8) is 0 Å². The van der Waals surface area contributed by atoms with E-state index < -0.39 is 32.6 Å². The van der Waals surface area contributed by atoms with Gasteiger partial charge in [0.1, 0.15) is 22.6 Å². The third kappa shape index (κ3) is 3.73. The molecule has 2 fully saturated rings. The van der Waals surface area contributed by atoms with Crippen molar-refractivity contribution < 1.29 is 26.7 Å². The second kappa shape index (κ2) is 7.55. The summed E-state index contributed by atoms with van der Waals surface area (Å²) in [4.78, 5) is 13.6. The quantitative estimate of drug-likeness (QED) is 0.798. The Labute approximate surface area is 151 Å². The van der Waals surface area contributed by atoms with E-state index in [1.807, 2.05) is 6.92 Å². The Morgan fingerprint density at radius 3 is 2.54 bits per heavy atom. The Kier molecular flexibility index (Phi) is 5.56. The minimum absolute atomic E-state index is 0.0485. The minimum Gasteiger partial charge on any atom is -0.375 e. The van der Waals surface area contributed by atoms with E-state index in [0.29, 0.717) is 19.2 Å². The summed E-state index contributed by atoms with van der Waals surface area (Å²) in [5.74, 6) is -2.10. The molecule has 3 rings (SSSR count). The van der Waals surface area contributed by atoms with Crippen LogP contribution < -0.4 is 5.32 Å². The summed E-state index contributed by atoms with van der Waals surface area (Å²) in [6, 6.07) is 1.92. The Morgan fingerprint density at radius 2 is 1.92 bits per heavy atom. The highest BCUT2D eigenvalue weighted by atomic mass is 32.2. The molecule has 0 unspecified atom stereocenters. The van der Waals surface area contributed by atoms with E-state index in [1.165, 1.54) is 0 Å². The summed E-state index contributed by atoms with van der Waals surface area (Å²) in [5, 5.41) is 3.11. The average Bonchev–Trinajstić information content (AvgIpc) is 2.61. The molecule has 26 heavy (non-hydrogen) atoms. The van der Waals surface area contributed by atoms with Crippen LogP contribution in [0.4, 0.5) is 8.78 Å². The van der Waals surface area contributed by atoms with Gasteiger partial charge in [0.2, 0.25) is 15.9 Å². The first-order chi connectivity index (χ1) is 12.3. The van der Waals surface area contributed by atoms with Crippen molar-refractivity contribution >= 4 is 15.9 Å². The molecule has 0 radical (unpaired) electrons. The lowest BCUT2D eigenvalue weighted by molar-refractivity contribution is -0.140. The van der Waals surface area contributed by atoms with Crippen molar-refractivity contribution in [3.8, 4) is 0 Å². The molecular formula is C16H21F2N3O4S. The van der Waals surface area contributed by atoms with Crippen LogP contribution in [0.15, 0.2) is 23.1 Å². The number of hydrogen-bond donors (Lipinski definition) is 1. The van der Waals surface area contributed by atoms with Crippen LogP contribution in [-0.4, -0.2) is 75.0 Å². The number of nitrogens with zero attached hydrogens (tertiary/aromatic N) is 2. The zero-order valence-corrected chi connectivity index (χ0v) is 15.1. The number of ether oxygens (including phenoxy) is 1. The standard InChI is InChI=1S/C16H21F2N3O4S/c1-11-15(19-4-9-25-11)16(22)20-5-7-21(8-6-20)26(23,24)14-3-2-12(17)10-13(14)18/h2-3,10-11,15,19H,4-9H2,1H3/t11-,15+/m1/s1. The highest BCUT2D eigenvalue weighted by molar-refractivity contribution is 7.89. The highest BCUT2D eigenvalue weighted by Gasteiger charge is 2.36. The fourth-order valence-corrected chi connectivity index (χ4v) is 4.65. The van der Waals surface area contributed by atoms with E-state index in [2.05, 4.69) is 5.32 Å². The Hall–Kier alpha value is -1.62. The predicted molar refractivity (Wildman–Crippen MR) is 88.9 cm³/mol. The summed E-state index contributed by atoms with van der Waals surface area (Å²) >= 11 is 0. The Balaban J connectivity index is 1.67. The number of carbonyl (C=O) groups is 1. The summed E-state index contributed by atoms with van der Waals surface area (Å²) in [6.45, 7) is 3.43. The number of benzene rings is 1. The first-order valence-electron chi connectivity index (χ1n) is 8.39. The van der Waals surface area contributed by atoms with Gasteiger partial charge in [-0.15, -0.1) is 0 Å². The van der Waals surface area contributed by atoms with E-state index in [4.69, 9.17) is 4.74 Å². The van der Waals surface area contributed by atoms with E-state index >= 15 is 0 Å². The molecule has 1 aromatic rings. The lowest BCUT2D eigenvalue weighted by atomic mass is 10.1. The molecule has 10 heteroatoms. The number of nitrogens with one attached hydrogen (secondary N) is 1. The molecule has 2 heterocycles. The van der Waals surface area contributed by atoms with Crippen LogP contribution in [-0.2, 0) is 19.6 Å². The normalized spacial score (nSPS) is 25.3. The number of piperazine rings is 1. The van der Waals surface area contributed by atoms with Crippen LogP contribution in [0.5, 0.6) is 0 Å². The summed E-state index contributed by atoms with van der Waals surface area (Å²) in [6.07, 6.45) is -0.258. The number of amides is 1. The van der Waals surface area contributed by atoms with E-state index in [1.54, 1.807) is 4.90 Å². The smallest absolute Gasteiger partial charge is 0.246 e. The number of halogens is 2. The zero-order chi connectivity index (χ0) is 18.9. The molecule has 2 aliphatic rings. The first kappa shape index (κ1) is 19.2. The van der Waals surface area contributed by atoms with Crippen molar-refractivity contribution in [3.05, 3.63) is 29.8 Å². The summed E-state index contributed by atoms with van der Waals surface area (Å²) in [7, 11) is -4.08. The molecule has 144 valence electrons. The third-order valence-corrected chi connectivity index (χ3v) is 6.58. The van der Waals surface area contributed by atoms with Crippen molar-refractivity contribution in [2.75, 3.05) is 39.3 Å². The highest BCUT2D eigenvalue weighted by Crippen LogP contribution is 2.22. The average molecular weight is 389 g/mol. The van der Waals surface area contributed by atoms with Crippen molar-refractivity contribution in [2.45, 2.75) is 24.0 Å². The first-order valence-corrected chi connectivity index (χ1v) is 9.83. The minimum atomic E-state index is -4.08. The largest absolute Gasteiger partial charge is 0.375 e. The number of rotatable bonds is 3. The molecular weight excluding hydrogens is 368 g/mol. The molecule has 2 aliphatic heterocycles. The van der Waals surface area contributed by atoms with E-state index in [9.17, 15) is 22.0 Å². The van der Waals surface area contributed by atoms with E-state index in [0.717, 1.165) is 16.4 Å². The maximum atomic E-state index is 13.9. The van der Waals surface area contributed by atoms with Crippen LogP contribution in [0.3, 0.4) is 0 Å². The molecule has 0 spiro atoms. The second-order valence-corrected chi connectivity index (χ2v) is 8.22. The van der Waals surface area contributed by atoms with Crippen molar-refractivity contribution in [1.82, 2.24) is 14.5 Å². The van der Waals surface area contributed by atoms with Gasteiger partial charge in [0.25, 0.3) is 0 Å². The molecule has 1 N–H and O–H groups in total. The van der Waals surface area contributed by atoms with E-state index in [-0.39, 0.29) is 38.2 Å². The fraction of sp³-hybridized carbons (Fsp3) is 0.562. The maximum absolute atomic E-state index is 13.9. The molecule has 1 aromatic carbocycles. The zero-order valence-electron chi connectivity index (χ0n) is 14.3. The van der Waals surface area contributed by atoms with Gasteiger partial charge in [-0.2, -0.15) is 4.31 Å². The fourth-order valence-electron chi connectivity index (χ4n) is 3.18. The SMILES string of the molecule is C[C@H]1OCCN[C@@H]1C(=O)N1CCN(S(=O)(=O)c2ccc(F)cc2F)CC1. The third-order valence-electron chi connectivity index (χ3n) is 4.64. The van der Waals surface area contributed by atoms with Gasteiger partial charge in [0.15, 0.2) is 0 Å². The van der Waals surface area contributed by atoms with Gasteiger partial charge in [-0.25, -0.2) is 17.2 Å². The van der Waals surface area contributed by atoms with Crippen molar-refractivity contribution in [2.24, 2.45) is 0 Å². The number of morpholine rings is 1. The van der Waals surface area contributed by atoms with Gasteiger partial charge in [-0.05, 0) is 19.1 Å². The van der Waals surface area contributed by atoms with Crippen LogP contribution >= 0.6 is 0 Å². The van der Waals surface area contributed by atoms with Gasteiger partial charge >= 0.3 is 0 Å². The Bertz CT molecular complexity index is 782. The van der Waals surface area contributed by atoms with Crippen molar-refractivity contribution in [1.29, 1.82) is 0 Å². The van der Waals surface area contributed by atoms with Crippen LogP contribution in [0, 0.1) is 11.6 Å². The van der Waals surface area contributed by atoms with Crippen LogP contribution in [0.1, 0.15) is 6.92 Å². The lowest BCUT2D eigenvalue weighted by Gasteiger charge is -2.38. The molecule has 7 nitrogen and oxygen atoms in total. The van der Waals surface area contributed by atoms with Crippen LogP contribution in [0.25, 0.3) is 0 Å². The molecule has 0 saturated carbocycles. The van der Waals surface area contributed by atoms with Gasteiger partial charge in [-0.3, -0.25) is 4.79 Å². The number of sulfonamides is 1. The summed E-state index contributed by atoms with van der Waals surface area (Å²) < 4.78 is 58.6. The lowest BCUT2D eigenvalue weighted by Crippen LogP contribution is -2.60. The second-order valence-electron chi connectivity index (χ2n) is 6.31. The van der Waals surface area contributed by atoms with Crippen LogP contribution in [0.2, 0.25) is 0 Å². The van der Waals surface area contributed by atoms with Gasteiger partial charge < -0.3 is 15.0 Å². The molecule has 2 saturated heterocycles. The van der Waals surface area contributed by atoms with Gasteiger partial charge in [0, 0.05) is 38.8 Å². The summed E-state index contributed by atoms with van der Waals surface area (Å²) in [5.41, 5.74) is 0. The molecule has 1 amide bonds. The Morgan fingerprint density at radius 1 is 1.23 bits per heavy atom. The maximum Gasteiger partial charge on any atom is 0.246 e. The van der Waals surface area contributed by atoms with Gasteiger partial charge in [-0.1, -0.05) is 0 Å². The molecule has 2 atom stereocenters. The number of carbonyl (C=O) groups excluding carboxylic acids is 1. The number of hydrogen-bond acceptors (Lipinski definition) is 5. The monoisotopic (exact) mass is 389 g/mol. The van der Waals surface area contributed by atoms with Gasteiger partial charge in [0.05, 0.1) is 12.7 Å². The molecule has 0 bridgehead atoms. The molecule has 0 aliphatic carbocycles. The molecule has 0 aromatic heterocycles. The topological polar surface area (TPSA) is 79.0 Å². The predicted octanol–water partition coefficient (Wildman–Crippen LogP) is 0.175.